The van der Waals surface area contributed by atoms with Gasteiger partial charge in [0.1, 0.15) is 0 Å². The third-order valence-corrected chi connectivity index (χ3v) is 5.08. The minimum absolute atomic E-state index is 0.116. The smallest absolute Gasteiger partial charge is 0.335 e. The number of fused-ring (bicyclic) bond motifs is 3. The summed E-state index contributed by atoms with van der Waals surface area (Å²) in [7, 11) is 0. The summed E-state index contributed by atoms with van der Waals surface area (Å²) in [6.45, 7) is 0.675. The minimum Gasteiger partial charge on any atom is -0.478 e. The summed E-state index contributed by atoms with van der Waals surface area (Å²) >= 11 is 0. The van der Waals surface area contributed by atoms with Crippen molar-refractivity contribution >= 4 is 17.6 Å². The molecule has 1 aromatic rings. The molecule has 1 aromatic carbocycles. The predicted molar refractivity (Wildman–Crippen MR) is 78.3 cm³/mol. The minimum atomic E-state index is -0.916. The SMILES string of the molecule is O=C(O)c1ccc2c(c1)CCN2C(=O)C1CC2C=CC1C2. The Kier molecular flexibility index (Phi) is 2.67. The first-order valence-electron chi connectivity index (χ1n) is 7.49. The summed E-state index contributed by atoms with van der Waals surface area (Å²) in [6, 6.07) is 5.08. The van der Waals surface area contributed by atoms with Crippen LogP contribution in [0.2, 0.25) is 0 Å². The highest BCUT2D eigenvalue weighted by molar-refractivity contribution is 5.98. The highest BCUT2D eigenvalue weighted by Gasteiger charge is 2.42. The van der Waals surface area contributed by atoms with E-state index in [2.05, 4.69) is 12.2 Å². The number of benzene rings is 1. The van der Waals surface area contributed by atoms with Crippen LogP contribution in [0, 0.1) is 17.8 Å². The van der Waals surface area contributed by atoms with Crippen LogP contribution in [0.3, 0.4) is 0 Å². The van der Waals surface area contributed by atoms with E-state index in [1.54, 1.807) is 18.2 Å². The molecule has 3 atom stereocenters. The zero-order chi connectivity index (χ0) is 14.6. The van der Waals surface area contributed by atoms with Gasteiger partial charge < -0.3 is 10.0 Å². The number of hydrogen-bond acceptors (Lipinski definition) is 2. The van der Waals surface area contributed by atoms with Gasteiger partial charge in [-0.1, -0.05) is 12.2 Å². The van der Waals surface area contributed by atoms with Gasteiger partial charge in [0.2, 0.25) is 5.91 Å². The molecule has 4 rings (SSSR count). The number of carboxylic acid groups (broad SMARTS) is 1. The Morgan fingerprint density at radius 2 is 2.05 bits per heavy atom. The fourth-order valence-corrected chi connectivity index (χ4v) is 4.03. The lowest BCUT2D eigenvalue weighted by molar-refractivity contribution is -0.123. The first-order valence-corrected chi connectivity index (χ1v) is 7.49. The summed E-state index contributed by atoms with van der Waals surface area (Å²) in [4.78, 5) is 25.7. The van der Waals surface area contributed by atoms with Gasteiger partial charge in [0.05, 0.1) is 5.56 Å². The van der Waals surface area contributed by atoms with Crippen molar-refractivity contribution in [3.8, 4) is 0 Å². The number of hydrogen-bond donors (Lipinski definition) is 1. The van der Waals surface area contributed by atoms with Crippen LogP contribution in [0.4, 0.5) is 5.69 Å². The second-order valence-corrected chi connectivity index (χ2v) is 6.28. The van der Waals surface area contributed by atoms with Gasteiger partial charge in [-0.2, -0.15) is 0 Å². The molecule has 2 bridgehead atoms. The molecule has 0 radical (unpaired) electrons. The fraction of sp³-hybridized carbons (Fsp3) is 0.412. The number of carbonyl (C=O) groups excluding carboxylic acids is 1. The summed E-state index contributed by atoms with van der Waals surface area (Å²) in [5.41, 5.74) is 2.17. The van der Waals surface area contributed by atoms with E-state index in [1.165, 1.54) is 0 Å². The van der Waals surface area contributed by atoms with Crippen LogP contribution in [-0.2, 0) is 11.2 Å². The van der Waals surface area contributed by atoms with E-state index >= 15 is 0 Å². The first-order chi connectivity index (χ1) is 10.1. The van der Waals surface area contributed by atoms with Gasteiger partial charge in [0, 0.05) is 18.2 Å². The van der Waals surface area contributed by atoms with Crippen LogP contribution >= 0.6 is 0 Å². The molecule has 1 aliphatic heterocycles. The van der Waals surface area contributed by atoms with Crippen LogP contribution in [0.1, 0.15) is 28.8 Å². The first kappa shape index (κ1) is 12.6. The van der Waals surface area contributed by atoms with Crippen molar-refractivity contribution in [1.82, 2.24) is 0 Å². The second kappa shape index (κ2) is 4.45. The van der Waals surface area contributed by atoms with Crippen molar-refractivity contribution in [3.63, 3.8) is 0 Å². The molecule has 0 saturated heterocycles. The van der Waals surface area contributed by atoms with E-state index < -0.39 is 5.97 Å². The van der Waals surface area contributed by atoms with Gasteiger partial charge in [0.25, 0.3) is 0 Å². The molecule has 1 amide bonds. The number of anilines is 1. The van der Waals surface area contributed by atoms with Gasteiger partial charge in [-0.15, -0.1) is 0 Å². The van der Waals surface area contributed by atoms with Crippen molar-refractivity contribution in [2.24, 2.45) is 17.8 Å². The molecule has 1 fully saturated rings. The summed E-state index contributed by atoms with van der Waals surface area (Å²) in [5.74, 6) is 0.407. The van der Waals surface area contributed by atoms with Gasteiger partial charge >= 0.3 is 5.97 Å². The van der Waals surface area contributed by atoms with E-state index in [-0.39, 0.29) is 11.8 Å². The van der Waals surface area contributed by atoms with E-state index in [4.69, 9.17) is 5.11 Å². The molecule has 1 heterocycles. The molecule has 4 nitrogen and oxygen atoms in total. The van der Waals surface area contributed by atoms with Crippen LogP contribution in [0.15, 0.2) is 30.4 Å². The molecule has 3 unspecified atom stereocenters. The maximum Gasteiger partial charge on any atom is 0.335 e. The zero-order valence-electron chi connectivity index (χ0n) is 11.7. The summed E-state index contributed by atoms with van der Waals surface area (Å²) in [6.07, 6.45) is 7.28. The molecule has 4 heteroatoms. The van der Waals surface area contributed by atoms with Gasteiger partial charge in [0.15, 0.2) is 0 Å². The zero-order valence-corrected chi connectivity index (χ0v) is 11.7. The Morgan fingerprint density at radius 1 is 1.19 bits per heavy atom. The number of allylic oxidation sites excluding steroid dienone is 2. The fourth-order valence-electron chi connectivity index (χ4n) is 4.03. The molecule has 1 N–H and O–H groups in total. The van der Waals surface area contributed by atoms with Crippen LogP contribution in [-0.4, -0.2) is 23.5 Å². The standard InChI is InChI=1S/C17H17NO3/c19-16(14-8-10-1-2-11(14)7-10)18-6-5-12-9-13(17(20)21)3-4-15(12)18/h1-4,9-11,14H,5-8H2,(H,20,21). The van der Waals surface area contributed by atoms with Crippen molar-refractivity contribution < 1.29 is 14.7 Å². The third-order valence-electron chi connectivity index (χ3n) is 5.08. The van der Waals surface area contributed by atoms with Crippen molar-refractivity contribution in [3.05, 3.63) is 41.5 Å². The summed E-state index contributed by atoms with van der Waals surface area (Å²) in [5, 5.41) is 9.05. The van der Waals surface area contributed by atoms with Gasteiger partial charge in [-0.05, 0) is 54.9 Å². The molecule has 2 aliphatic carbocycles. The Bertz CT molecular complexity index is 664. The quantitative estimate of drug-likeness (QED) is 0.848. The maximum atomic E-state index is 12.8. The highest BCUT2D eigenvalue weighted by atomic mass is 16.4. The lowest BCUT2D eigenvalue weighted by Crippen LogP contribution is -2.36. The Balaban J connectivity index is 1.60. The second-order valence-electron chi connectivity index (χ2n) is 6.28. The Morgan fingerprint density at radius 3 is 2.71 bits per heavy atom. The number of nitrogens with zero attached hydrogens (tertiary/aromatic N) is 1. The van der Waals surface area contributed by atoms with Crippen molar-refractivity contribution in [1.29, 1.82) is 0 Å². The Labute approximate surface area is 123 Å². The van der Waals surface area contributed by atoms with Crippen LogP contribution in [0.25, 0.3) is 0 Å². The molecule has 0 aromatic heterocycles. The molecule has 1 saturated carbocycles. The number of aromatic carboxylic acids is 1. The number of rotatable bonds is 2. The van der Waals surface area contributed by atoms with E-state index in [9.17, 15) is 9.59 Å². The normalized spacial score (nSPS) is 29.0. The number of carboxylic acids is 1. The highest BCUT2D eigenvalue weighted by Crippen LogP contribution is 2.45. The van der Waals surface area contributed by atoms with Crippen LogP contribution < -0.4 is 4.90 Å². The predicted octanol–water partition coefficient (Wildman–Crippen LogP) is 2.49. The van der Waals surface area contributed by atoms with E-state index in [0.717, 1.165) is 30.5 Å². The third kappa shape index (κ3) is 1.89. The van der Waals surface area contributed by atoms with Crippen LogP contribution in [0.5, 0.6) is 0 Å². The van der Waals surface area contributed by atoms with Gasteiger partial charge in [-0.25, -0.2) is 4.79 Å². The van der Waals surface area contributed by atoms with Crippen molar-refractivity contribution in [2.45, 2.75) is 19.3 Å². The summed E-state index contributed by atoms with van der Waals surface area (Å²) < 4.78 is 0. The lowest BCUT2D eigenvalue weighted by atomic mass is 9.92. The van der Waals surface area contributed by atoms with E-state index in [1.807, 2.05) is 4.90 Å². The largest absolute Gasteiger partial charge is 0.478 e. The molecule has 108 valence electrons. The molecule has 21 heavy (non-hydrogen) atoms. The Hall–Kier alpha value is -2.10. The molecular formula is C17H17NO3. The topological polar surface area (TPSA) is 57.6 Å². The average molecular weight is 283 g/mol. The van der Waals surface area contributed by atoms with Crippen molar-refractivity contribution in [2.75, 3.05) is 11.4 Å². The molecule has 3 aliphatic rings. The average Bonchev–Trinajstić information content (AvgIpc) is 3.20. The maximum absolute atomic E-state index is 12.8. The van der Waals surface area contributed by atoms with Gasteiger partial charge in [-0.3, -0.25) is 4.79 Å². The lowest BCUT2D eigenvalue weighted by Gasteiger charge is -2.25. The number of carbonyl (C=O) groups is 2. The number of amides is 1. The van der Waals surface area contributed by atoms with E-state index in [0.29, 0.717) is 23.9 Å². The molecular weight excluding hydrogens is 266 g/mol. The monoisotopic (exact) mass is 283 g/mol. The molecule has 0 spiro atoms.